The van der Waals surface area contributed by atoms with Crippen molar-refractivity contribution in [3.8, 4) is 0 Å². The van der Waals surface area contributed by atoms with Gasteiger partial charge < -0.3 is 0 Å². The number of nitrogens with zero attached hydrogens (tertiary/aromatic N) is 1. The van der Waals surface area contributed by atoms with Gasteiger partial charge in [-0.25, -0.2) is 9.55 Å². The Morgan fingerprint density at radius 1 is 0.388 bits per heavy atom. The predicted octanol–water partition coefficient (Wildman–Crippen LogP) is 16.8. The number of hydrogen-bond acceptors (Lipinski definition) is 0. The summed E-state index contributed by atoms with van der Waals surface area (Å²) in [6.07, 6.45) is 59.1. The summed E-state index contributed by atoms with van der Waals surface area (Å²) < 4.78 is 2.65. The standard InChI is InChI=1S/C47H92N2/c1-5-8-11-14-17-20-22-23-24-25-26-28-30-33-36-39-42-46(41-38-35-32-29-27-21-18-15-12-9-6-2)47-48-43-44-49(47)45(4)40-37-34-31-19-16-13-10-7-3/h43-46H,5-42H2,1-4H3/p+1. The van der Waals surface area contributed by atoms with Crippen molar-refractivity contribution in [3.05, 3.63) is 18.2 Å². The summed E-state index contributed by atoms with van der Waals surface area (Å²) in [5.41, 5.74) is 0. The lowest BCUT2D eigenvalue weighted by Crippen LogP contribution is -2.41. The molecule has 0 amide bonds. The fourth-order valence-electron chi connectivity index (χ4n) is 8.20. The molecular weight excluding hydrogens is 593 g/mol. The Kier molecular flexibility index (Phi) is 34.9. The van der Waals surface area contributed by atoms with Crippen LogP contribution < -0.4 is 4.57 Å². The molecule has 1 N–H and O–H groups in total. The van der Waals surface area contributed by atoms with Gasteiger partial charge in [-0.15, -0.1) is 0 Å². The van der Waals surface area contributed by atoms with Crippen molar-refractivity contribution in [3.63, 3.8) is 0 Å². The summed E-state index contributed by atoms with van der Waals surface area (Å²) in [6.45, 7) is 9.43. The number of unbranched alkanes of at least 4 members (excludes halogenated alkanes) is 32. The van der Waals surface area contributed by atoms with Crippen LogP contribution in [0.4, 0.5) is 0 Å². The first-order valence-electron chi connectivity index (χ1n) is 23.3. The third-order valence-corrected chi connectivity index (χ3v) is 11.6. The Balaban J connectivity index is 2.35. The number of nitrogens with one attached hydrogen (secondary N) is 1. The van der Waals surface area contributed by atoms with Gasteiger partial charge in [-0.2, -0.15) is 0 Å². The molecule has 0 saturated heterocycles. The van der Waals surface area contributed by atoms with Crippen molar-refractivity contribution in [2.24, 2.45) is 0 Å². The first-order valence-corrected chi connectivity index (χ1v) is 23.3. The normalized spacial score (nSPS) is 13.0. The van der Waals surface area contributed by atoms with E-state index in [1.165, 1.54) is 244 Å². The summed E-state index contributed by atoms with van der Waals surface area (Å²) in [7, 11) is 0. The van der Waals surface area contributed by atoms with E-state index in [1.54, 1.807) is 5.82 Å². The minimum Gasteiger partial charge on any atom is -0.247 e. The van der Waals surface area contributed by atoms with Crippen molar-refractivity contribution in [1.82, 2.24) is 4.98 Å². The van der Waals surface area contributed by atoms with Crippen LogP contribution in [0.3, 0.4) is 0 Å². The lowest BCUT2D eigenvalue weighted by atomic mass is 9.92. The van der Waals surface area contributed by atoms with Crippen LogP contribution in [-0.2, 0) is 0 Å². The molecule has 290 valence electrons. The van der Waals surface area contributed by atoms with Gasteiger partial charge in [-0.05, 0) is 32.6 Å². The Bertz CT molecular complexity index is 753. The van der Waals surface area contributed by atoms with Gasteiger partial charge in [0.25, 0.3) is 5.82 Å². The molecule has 1 rings (SSSR count). The van der Waals surface area contributed by atoms with Crippen LogP contribution in [0.2, 0.25) is 0 Å². The van der Waals surface area contributed by atoms with Crippen molar-refractivity contribution in [2.45, 2.75) is 284 Å². The average molecular weight is 686 g/mol. The van der Waals surface area contributed by atoms with E-state index in [9.17, 15) is 0 Å². The van der Waals surface area contributed by atoms with Gasteiger partial charge in [0, 0.05) is 0 Å². The van der Waals surface area contributed by atoms with Crippen molar-refractivity contribution in [2.75, 3.05) is 0 Å². The van der Waals surface area contributed by atoms with Crippen LogP contribution >= 0.6 is 0 Å². The Hall–Kier alpha value is -0.790. The Morgan fingerprint density at radius 3 is 0.959 bits per heavy atom. The van der Waals surface area contributed by atoms with Crippen LogP contribution in [0.1, 0.15) is 289 Å². The van der Waals surface area contributed by atoms with Gasteiger partial charge in [-0.1, -0.05) is 239 Å². The van der Waals surface area contributed by atoms with Crippen molar-refractivity contribution in [1.29, 1.82) is 0 Å². The summed E-state index contributed by atoms with van der Waals surface area (Å²) in [4.78, 5) is 3.77. The van der Waals surface area contributed by atoms with E-state index in [0.717, 1.165) is 0 Å². The zero-order chi connectivity index (χ0) is 35.3. The van der Waals surface area contributed by atoms with Crippen LogP contribution in [0.5, 0.6) is 0 Å². The van der Waals surface area contributed by atoms with E-state index < -0.39 is 0 Å². The van der Waals surface area contributed by atoms with Crippen molar-refractivity contribution < 1.29 is 4.57 Å². The number of aromatic amines is 1. The number of rotatable bonds is 40. The first kappa shape index (κ1) is 46.2. The van der Waals surface area contributed by atoms with E-state index in [-0.39, 0.29) is 0 Å². The Morgan fingerprint density at radius 2 is 0.653 bits per heavy atom. The molecule has 0 bridgehead atoms. The molecule has 0 aliphatic rings. The maximum absolute atomic E-state index is 3.77. The lowest BCUT2D eigenvalue weighted by Gasteiger charge is -2.17. The number of hydrogen-bond donors (Lipinski definition) is 1. The van der Waals surface area contributed by atoms with Crippen LogP contribution in [-0.4, -0.2) is 4.98 Å². The molecule has 1 aromatic rings. The van der Waals surface area contributed by atoms with Gasteiger partial charge in [-0.3, -0.25) is 0 Å². The zero-order valence-corrected chi connectivity index (χ0v) is 34.6. The molecule has 2 nitrogen and oxygen atoms in total. The molecule has 0 aromatic carbocycles. The molecule has 0 aliphatic heterocycles. The van der Waals surface area contributed by atoms with Crippen molar-refractivity contribution >= 4 is 0 Å². The monoisotopic (exact) mass is 686 g/mol. The summed E-state index contributed by atoms with van der Waals surface area (Å²) in [5, 5.41) is 0. The fourth-order valence-corrected chi connectivity index (χ4v) is 8.20. The third kappa shape index (κ3) is 28.5. The maximum Gasteiger partial charge on any atom is 0.257 e. The van der Waals surface area contributed by atoms with Crippen LogP contribution in [0.15, 0.2) is 12.4 Å². The summed E-state index contributed by atoms with van der Waals surface area (Å²) >= 11 is 0. The van der Waals surface area contributed by atoms with Gasteiger partial charge in [0.1, 0.15) is 12.4 Å². The molecular formula is C47H93N2+. The molecule has 0 fully saturated rings. The highest BCUT2D eigenvalue weighted by Crippen LogP contribution is 2.28. The second-order valence-corrected chi connectivity index (χ2v) is 16.5. The molecule has 0 spiro atoms. The zero-order valence-electron chi connectivity index (χ0n) is 34.6. The lowest BCUT2D eigenvalue weighted by molar-refractivity contribution is -0.727. The molecule has 49 heavy (non-hydrogen) atoms. The fraction of sp³-hybridized carbons (Fsp3) is 0.936. The second kappa shape index (κ2) is 37.0. The topological polar surface area (TPSA) is 19.7 Å². The van der Waals surface area contributed by atoms with Gasteiger partial charge in [0.15, 0.2) is 0 Å². The minimum absolute atomic E-state index is 0.618. The van der Waals surface area contributed by atoms with Gasteiger partial charge >= 0.3 is 0 Å². The van der Waals surface area contributed by atoms with Gasteiger partial charge in [0.2, 0.25) is 0 Å². The number of H-pyrrole nitrogens is 1. The van der Waals surface area contributed by atoms with E-state index >= 15 is 0 Å². The smallest absolute Gasteiger partial charge is 0.247 e. The molecule has 0 aliphatic carbocycles. The highest BCUT2D eigenvalue weighted by molar-refractivity contribution is 4.90. The quantitative estimate of drug-likeness (QED) is 0.0524. The van der Waals surface area contributed by atoms with Gasteiger partial charge in [0.05, 0.1) is 12.0 Å². The van der Waals surface area contributed by atoms with Crippen LogP contribution in [0, 0.1) is 0 Å². The SMILES string of the molecule is CCCCCCCCCCCCCCCCCCC(CCCCCCCCCCCCC)c1[nH]cc[n+]1C(C)CCCCCCCCCC. The summed E-state index contributed by atoms with van der Waals surface area (Å²) in [5.74, 6) is 2.25. The molecule has 2 heteroatoms. The molecule has 0 radical (unpaired) electrons. The Labute approximate surface area is 310 Å². The molecule has 0 saturated carbocycles. The van der Waals surface area contributed by atoms with E-state index in [4.69, 9.17) is 0 Å². The predicted molar refractivity (Wildman–Crippen MR) is 221 cm³/mol. The van der Waals surface area contributed by atoms with Crippen LogP contribution in [0.25, 0.3) is 0 Å². The molecule has 1 heterocycles. The molecule has 1 aromatic heterocycles. The van der Waals surface area contributed by atoms with E-state index in [1.807, 2.05) is 0 Å². The van der Waals surface area contributed by atoms with E-state index in [2.05, 4.69) is 49.6 Å². The third-order valence-electron chi connectivity index (χ3n) is 11.6. The molecule has 2 unspecified atom stereocenters. The number of imidazole rings is 1. The average Bonchev–Trinajstić information content (AvgIpc) is 3.60. The highest BCUT2D eigenvalue weighted by atomic mass is 15.1. The number of aromatic nitrogens is 2. The maximum atomic E-state index is 3.77. The largest absolute Gasteiger partial charge is 0.257 e. The minimum atomic E-state index is 0.618. The first-order chi connectivity index (χ1) is 24.2. The summed E-state index contributed by atoms with van der Waals surface area (Å²) in [6, 6.07) is 0.618. The second-order valence-electron chi connectivity index (χ2n) is 16.5. The van der Waals surface area contributed by atoms with E-state index in [0.29, 0.717) is 12.0 Å². The molecule has 2 atom stereocenters. The highest BCUT2D eigenvalue weighted by Gasteiger charge is 2.25.